The molecule has 2 heterocycles. The molecule has 6 heteroatoms. The molecular formula is C18H24N2O4. The molecule has 2 saturated heterocycles. The summed E-state index contributed by atoms with van der Waals surface area (Å²) >= 11 is 0. The van der Waals surface area contributed by atoms with Crippen molar-refractivity contribution in [2.24, 2.45) is 5.41 Å². The fraction of sp³-hybridized carbons (Fsp3) is 0.556. The number of benzene rings is 1. The number of piperidine rings is 2. The van der Waals surface area contributed by atoms with Crippen molar-refractivity contribution in [3.63, 3.8) is 0 Å². The molecule has 1 spiro atoms. The maximum absolute atomic E-state index is 12.9. The minimum Gasteiger partial charge on any atom is -0.496 e. The van der Waals surface area contributed by atoms with E-state index in [0.717, 1.165) is 17.7 Å². The van der Waals surface area contributed by atoms with E-state index in [-0.39, 0.29) is 18.4 Å². The first-order valence-electron chi connectivity index (χ1n) is 8.38. The van der Waals surface area contributed by atoms with Gasteiger partial charge in [0.15, 0.2) is 0 Å². The quantitative estimate of drug-likeness (QED) is 0.850. The van der Waals surface area contributed by atoms with E-state index >= 15 is 0 Å². The summed E-state index contributed by atoms with van der Waals surface area (Å²) in [6.45, 7) is 3.26. The van der Waals surface area contributed by atoms with Crippen LogP contribution in [0.2, 0.25) is 0 Å². The molecule has 6 nitrogen and oxygen atoms in total. The van der Waals surface area contributed by atoms with Crippen LogP contribution in [0.4, 0.5) is 0 Å². The Morgan fingerprint density at radius 3 is 2.92 bits per heavy atom. The van der Waals surface area contributed by atoms with E-state index in [1.165, 1.54) is 0 Å². The standard InChI is InChI=1S/C18H24N2O4/c1-12-10-13(4-5-14(12)24-2)16(22)20-9-6-15(21)18(11-20)7-3-8-19-17(18)23/h4-5,10,15,21H,3,6-9,11H2,1-2H3,(H,19,23)/t15-,18-/m1/s1. The molecule has 0 unspecified atom stereocenters. The average molecular weight is 332 g/mol. The Kier molecular flexibility index (Phi) is 4.49. The number of nitrogens with zero attached hydrogens (tertiary/aromatic N) is 1. The van der Waals surface area contributed by atoms with Crippen LogP contribution in [0.25, 0.3) is 0 Å². The van der Waals surface area contributed by atoms with Crippen molar-refractivity contribution in [2.45, 2.75) is 32.3 Å². The van der Waals surface area contributed by atoms with Gasteiger partial charge in [0.05, 0.1) is 18.6 Å². The molecule has 24 heavy (non-hydrogen) atoms. The minimum atomic E-state index is -0.867. The molecule has 2 fully saturated rings. The molecule has 3 rings (SSSR count). The zero-order chi connectivity index (χ0) is 17.3. The molecule has 130 valence electrons. The highest BCUT2D eigenvalue weighted by Gasteiger charge is 2.50. The number of ether oxygens (including phenoxy) is 1. The Morgan fingerprint density at radius 2 is 2.25 bits per heavy atom. The van der Waals surface area contributed by atoms with Gasteiger partial charge in [-0.1, -0.05) is 0 Å². The van der Waals surface area contributed by atoms with Gasteiger partial charge in [-0.05, 0) is 49.9 Å². The number of amides is 2. The highest BCUT2D eigenvalue weighted by Crippen LogP contribution is 2.37. The molecule has 2 N–H and O–H groups in total. The second kappa shape index (κ2) is 6.43. The van der Waals surface area contributed by atoms with Crippen molar-refractivity contribution >= 4 is 11.8 Å². The lowest BCUT2D eigenvalue weighted by Gasteiger charge is -2.46. The van der Waals surface area contributed by atoms with E-state index in [1.54, 1.807) is 30.2 Å². The molecule has 2 amide bonds. The second-order valence-corrected chi connectivity index (χ2v) is 6.73. The lowest BCUT2D eigenvalue weighted by atomic mass is 9.71. The van der Waals surface area contributed by atoms with E-state index in [1.807, 2.05) is 6.92 Å². The lowest BCUT2D eigenvalue weighted by Crippen LogP contribution is -2.62. The van der Waals surface area contributed by atoms with Crippen LogP contribution in [0.15, 0.2) is 18.2 Å². The zero-order valence-electron chi connectivity index (χ0n) is 14.2. The van der Waals surface area contributed by atoms with Gasteiger partial charge in [0.2, 0.25) is 5.91 Å². The summed E-state index contributed by atoms with van der Waals surface area (Å²) in [5.41, 5.74) is 0.606. The van der Waals surface area contributed by atoms with Crippen LogP contribution in [0.5, 0.6) is 5.75 Å². The van der Waals surface area contributed by atoms with Crippen molar-refractivity contribution in [3.05, 3.63) is 29.3 Å². The molecule has 0 bridgehead atoms. The smallest absolute Gasteiger partial charge is 0.253 e. The molecule has 2 aliphatic heterocycles. The monoisotopic (exact) mass is 332 g/mol. The topological polar surface area (TPSA) is 78.9 Å². The largest absolute Gasteiger partial charge is 0.496 e. The summed E-state index contributed by atoms with van der Waals surface area (Å²) in [5.74, 6) is 0.499. The van der Waals surface area contributed by atoms with Gasteiger partial charge >= 0.3 is 0 Å². The summed E-state index contributed by atoms with van der Waals surface area (Å²) in [6, 6.07) is 5.33. The predicted octanol–water partition coefficient (Wildman–Crippen LogP) is 1.11. The van der Waals surface area contributed by atoms with E-state index in [4.69, 9.17) is 4.74 Å². The molecule has 0 aromatic heterocycles. The van der Waals surface area contributed by atoms with E-state index in [9.17, 15) is 14.7 Å². The molecule has 2 atom stereocenters. The molecule has 0 saturated carbocycles. The van der Waals surface area contributed by atoms with Gasteiger partial charge < -0.3 is 20.1 Å². The van der Waals surface area contributed by atoms with Gasteiger partial charge in [-0.3, -0.25) is 9.59 Å². The molecule has 2 aliphatic rings. The number of aliphatic hydroxyl groups is 1. The highest BCUT2D eigenvalue weighted by molar-refractivity contribution is 5.95. The maximum atomic E-state index is 12.9. The maximum Gasteiger partial charge on any atom is 0.253 e. The number of likely N-dealkylation sites (tertiary alicyclic amines) is 1. The lowest BCUT2D eigenvalue weighted by molar-refractivity contribution is -0.147. The molecule has 0 radical (unpaired) electrons. The van der Waals surface area contributed by atoms with Gasteiger partial charge in [0.1, 0.15) is 5.75 Å². The Hall–Kier alpha value is -2.08. The first kappa shape index (κ1) is 16.8. The van der Waals surface area contributed by atoms with Crippen LogP contribution in [0, 0.1) is 12.3 Å². The fourth-order valence-corrected chi connectivity index (χ4v) is 3.81. The number of hydrogen-bond donors (Lipinski definition) is 2. The summed E-state index contributed by atoms with van der Waals surface area (Å²) in [7, 11) is 1.60. The Balaban J connectivity index is 1.83. The van der Waals surface area contributed by atoms with Crippen LogP contribution in [-0.4, -0.2) is 54.7 Å². The normalized spacial score (nSPS) is 27.0. The summed E-state index contributed by atoms with van der Waals surface area (Å²) in [6.07, 6.45) is 1.17. The van der Waals surface area contributed by atoms with Crippen molar-refractivity contribution in [3.8, 4) is 5.75 Å². The van der Waals surface area contributed by atoms with Crippen LogP contribution in [-0.2, 0) is 4.79 Å². The molecule has 0 aliphatic carbocycles. The minimum absolute atomic E-state index is 0.106. The molecule has 1 aromatic rings. The number of nitrogens with one attached hydrogen (secondary N) is 1. The van der Waals surface area contributed by atoms with Gasteiger partial charge in [-0.2, -0.15) is 0 Å². The van der Waals surface area contributed by atoms with E-state index in [0.29, 0.717) is 31.5 Å². The van der Waals surface area contributed by atoms with E-state index < -0.39 is 11.5 Å². The molecule has 1 aromatic carbocycles. The number of aryl methyl sites for hydroxylation is 1. The van der Waals surface area contributed by atoms with Crippen LogP contribution >= 0.6 is 0 Å². The third-order valence-electron chi connectivity index (χ3n) is 5.25. The highest BCUT2D eigenvalue weighted by atomic mass is 16.5. The Bertz CT molecular complexity index is 660. The van der Waals surface area contributed by atoms with E-state index in [2.05, 4.69) is 5.32 Å². The number of hydrogen-bond acceptors (Lipinski definition) is 4. The van der Waals surface area contributed by atoms with Crippen molar-refractivity contribution < 1.29 is 19.4 Å². The zero-order valence-corrected chi connectivity index (χ0v) is 14.2. The number of methoxy groups -OCH3 is 1. The van der Waals surface area contributed by atoms with Crippen molar-refractivity contribution in [2.75, 3.05) is 26.7 Å². The van der Waals surface area contributed by atoms with Crippen molar-refractivity contribution in [1.29, 1.82) is 0 Å². The third-order valence-corrected chi connectivity index (χ3v) is 5.25. The van der Waals surface area contributed by atoms with Crippen LogP contribution in [0.3, 0.4) is 0 Å². The number of carbonyl (C=O) groups excluding carboxylic acids is 2. The third kappa shape index (κ3) is 2.75. The summed E-state index contributed by atoms with van der Waals surface area (Å²) in [5, 5.41) is 13.3. The Morgan fingerprint density at radius 1 is 1.46 bits per heavy atom. The SMILES string of the molecule is COc1ccc(C(=O)N2CC[C@@H](O)[C@@]3(CCCNC3=O)C2)cc1C. The van der Waals surface area contributed by atoms with Crippen LogP contribution in [0.1, 0.15) is 35.2 Å². The van der Waals surface area contributed by atoms with Gasteiger partial charge in [-0.15, -0.1) is 0 Å². The van der Waals surface area contributed by atoms with Crippen LogP contribution < -0.4 is 10.1 Å². The summed E-state index contributed by atoms with van der Waals surface area (Å²) in [4.78, 5) is 27.0. The molecular weight excluding hydrogens is 308 g/mol. The first-order chi connectivity index (χ1) is 11.5. The fourth-order valence-electron chi connectivity index (χ4n) is 3.81. The number of aliphatic hydroxyl groups excluding tert-OH is 1. The second-order valence-electron chi connectivity index (χ2n) is 6.73. The predicted molar refractivity (Wildman–Crippen MR) is 88.9 cm³/mol. The van der Waals surface area contributed by atoms with Gasteiger partial charge in [-0.25, -0.2) is 0 Å². The van der Waals surface area contributed by atoms with Crippen molar-refractivity contribution in [1.82, 2.24) is 10.2 Å². The average Bonchev–Trinajstić information content (AvgIpc) is 2.59. The first-order valence-corrected chi connectivity index (χ1v) is 8.38. The number of carbonyl (C=O) groups is 2. The number of rotatable bonds is 2. The summed E-state index contributed by atoms with van der Waals surface area (Å²) < 4.78 is 5.23. The van der Waals surface area contributed by atoms with Gasteiger partial charge in [0, 0.05) is 25.2 Å². The Labute approximate surface area is 141 Å². The van der Waals surface area contributed by atoms with Gasteiger partial charge in [0.25, 0.3) is 5.91 Å².